The summed E-state index contributed by atoms with van der Waals surface area (Å²) in [4.78, 5) is 11.9. The molecule has 1 aromatic rings. The lowest BCUT2D eigenvalue weighted by molar-refractivity contribution is -0.123. The molecule has 2 nitrogen and oxygen atoms in total. The van der Waals surface area contributed by atoms with Crippen molar-refractivity contribution in [1.29, 1.82) is 0 Å². The second-order valence-corrected chi connectivity index (χ2v) is 4.77. The summed E-state index contributed by atoms with van der Waals surface area (Å²) in [6.45, 7) is 4.03. The maximum atomic E-state index is 11.9. The summed E-state index contributed by atoms with van der Waals surface area (Å²) in [7, 11) is 0. The van der Waals surface area contributed by atoms with Crippen molar-refractivity contribution >= 4 is 5.91 Å². The van der Waals surface area contributed by atoms with E-state index in [1.807, 2.05) is 19.1 Å². The minimum atomic E-state index is -0.0406. The fourth-order valence-corrected chi connectivity index (χ4v) is 1.89. The molecule has 2 rings (SSSR count). The first kappa shape index (κ1) is 11.2. The number of rotatable bonds is 3. The van der Waals surface area contributed by atoms with Crippen LogP contribution in [0.4, 0.5) is 0 Å². The Hall–Kier alpha value is -1.31. The minimum absolute atomic E-state index is 0.0406. The zero-order chi connectivity index (χ0) is 11.5. The highest BCUT2D eigenvalue weighted by atomic mass is 16.1. The van der Waals surface area contributed by atoms with Gasteiger partial charge in [-0.05, 0) is 38.7 Å². The number of nitrogens with one attached hydrogen (secondary N) is 1. The molecule has 1 aliphatic rings. The highest BCUT2D eigenvalue weighted by molar-refractivity contribution is 5.83. The van der Waals surface area contributed by atoms with Gasteiger partial charge in [-0.2, -0.15) is 0 Å². The van der Waals surface area contributed by atoms with E-state index >= 15 is 0 Å². The van der Waals surface area contributed by atoms with Crippen molar-refractivity contribution in [2.45, 2.75) is 45.1 Å². The number of carbonyl (C=O) groups excluding carboxylic acids is 1. The van der Waals surface area contributed by atoms with Crippen molar-refractivity contribution in [1.82, 2.24) is 5.32 Å². The van der Waals surface area contributed by atoms with Crippen LogP contribution in [0.3, 0.4) is 0 Å². The van der Waals surface area contributed by atoms with Gasteiger partial charge in [0.15, 0.2) is 0 Å². The van der Waals surface area contributed by atoms with Crippen LogP contribution in [0.25, 0.3) is 0 Å². The van der Waals surface area contributed by atoms with Gasteiger partial charge in [0.1, 0.15) is 0 Å². The maximum Gasteiger partial charge on any atom is 0.227 e. The molecule has 16 heavy (non-hydrogen) atoms. The number of carbonyl (C=O) groups is 1. The Kier molecular flexibility index (Phi) is 3.28. The van der Waals surface area contributed by atoms with Crippen LogP contribution in [0, 0.1) is 6.92 Å². The molecule has 1 fully saturated rings. The highest BCUT2D eigenvalue weighted by Crippen LogP contribution is 2.21. The van der Waals surface area contributed by atoms with Crippen LogP contribution in [0.2, 0.25) is 0 Å². The van der Waals surface area contributed by atoms with Crippen molar-refractivity contribution in [3.05, 3.63) is 35.4 Å². The van der Waals surface area contributed by atoms with Crippen LogP contribution in [-0.2, 0) is 4.79 Å². The maximum absolute atomic E-state index is 11.9. The van der Waals surface area contributed by atoms with Crippen molar-refractivity contribution in [3.63, 3.8) is 0 Å². The average Bonchev–Trinajstić information content (AvgIpc) is 2.23. The van der Waals surface area contributed by atoms with Gasteiger partial charge in [-0.15, -0.1) is 0 Å². The van der Waals surface area contributed by atoms with E-state index in [1.165, 1.54) is 12.0 Å². The molecule has 2 heteroatoms. The van der Waals surface area contributed by atoms with Gasteiger partial charge in [0.2, 0.25) is 5.91 Å². The van der Waals surface area contributed by atoms with Crippen LogP contribution >= 0.6 is 0 Å². The summed E-state index contributed by atoms with van der Waals surface area (Å²) in [5.41, 5.74) is 2.33. The van der Waals surface area contributed by atoms with Crippen molar-refractivity contribution in [2.24, 2.45) is 0 Å². The lowest BCUT2D eigenvalue weighted by atomic mass is 9.91. The average molecular weight is 217 g/mol. The third-order valence-electron chi connectivity index (χ3n) is 3.42. The molecule has 0 bridgehead atoms. The standard InChI is InChI=1S/C14H19NO/c1-10-6-8-12(9-7-10)11(2)14(16)15-13-4-3-5-13/h6-9,11,13H,3-5H2,1-2H3,(H,15,16). The number of amides is 1. The zero-order valence-electron chi connectivity index (χ0n) is 9.99. The molecule has 1 amide bonds. The van der Waals surface area contributed by atoms with Crippen molar-refractivity contribution < 1.29 is 4.79 Å². The lowest BCUT2D eigenvalue weighted by Gasteiger charge is -2.27. The van der Waals surface area contributed by atoms with E-state index in [4.69, 9.17) is 0 Å². The summed E-state index contributed by atoms with van der Waals surface area (Å²) in [5.74, 6) is 0.120. The molecular weight excluding hydrogens is 198 g/mol. The lowest BCUT2D eigenvalue weighted by Crippen LogP contribution is -2.41. The van der Waals surface area contributed by atoms with Gasteiger partial charge in [-0.1, -0.05) is 29.8 Å². The molecular formula is C14H19NO. The Balaban J connectivity index is 1.97. The van der Waals surface area contributed by atoms with E-state index in [0.717, 1.165) is 18.4 Å². The van der Waals surface area contributed by atoms with Gasteiger partial charge in [0, 0.05) is 6.04 Å². The molecule has 1 unspecified atom stereocenters. The third-order valence-corrected chi connectivity index (χ3v) is 3.42. The number of benzene rings is 1. The molecule has 1 aliphatic carbocycles. The van der Waals surface area contributed by atoms with E-state index < -0.39 is 0 Å². The van der Waals surface area contributed by atoms with Gasteiger partial charge >= 0.3 is 0 Å². The van der Waals surface area contributed by atoms with Gasteiger partial charge < -0.3 is 5.32 Å². The normalized spacial score (nSPS) is 17.6. The molecule has 0 spiro atoms. The van der Waals surface area contributed by atoms with Gasteiger partial charge in [-0.3, -0.25) is 4.79 Å². The quantitative estimate of drug-likeness (QED) is 0.828. The van der Waals surface area contributed by atoms with Crippen LogP contribution in [0.1, 0.15) is 43.2 Å². The topological polar surface area (TPSA) is 29.1 Å². The monoisotopic (exact) mass is 217 g/mol. The van der Waals surface area contributed by atoms with Crippen LogP contribution < -0.4 is 5.32 Å². The van der Waals surface area contributed by atoms with Gasteiger partial charge in [-0.25, -0.2) is 0 Å². The smallest absolute Gasteiger partial charge is 0.227 e. The molecule has 1 saturated carbocycles. The molecule has 0 aromatic heterocycles. The SMILES string of the molecule is Cc1ccc(C(C)C(=O)NC2CCC2)cc1. The Morgan fingerprint density at radius 1 is 1.31 bits per heavy atom. The molecule has 1 N–H and O–H groups in total. The van der Waals surface area contributed by atoms with Gasteiger partial charge in [0.05, 0.1) is 5.92 Å². The molecule has 0 radical (unpaired) electrons. The second kappa shape index (κ2) is 4.69. The van der Waals surface area contributed by atoms with Crippen molar-refractivity contribution in [2.75, 3.05) is 0 Å². The van der Waals surface area contributed by atoms with E-state index in [2.05, 4.69) is 24.4 Å². The molecule has 0 aliphatic heterocycles. The Morgan fingerprint density at radius 3 is 2.44 bits per heavy atom. The fraction of sp³-hybridized carbons (Fsp3) is 0.500. The van der Waals surface area contributed by atoms with Crippen molar-refractivity contribution in [3.8, 4) is 0 Å². The van der Waals surface area contributed by atoms with E-state index in [0.29, 0.717) is 6.04 Å². The minimum Gasteiger partial charge on any atom is -0.353 e. The molecule has 0 heterocycles. The largest absolute Gasteiger partial charge is 0.353 e. The predicted octanol–water partition coefficient (Wildman–Crippen LogP) is 2.77. The first-order valence-electron chi connectivity index (χ1n) is 6.04. The van der Waals surface area contributed by atoms with Gasteiger partial charge in [0.25, 0.3) is 0 Å². The molecule has 1 aromatic carbocycles. The van der Waals surface area contributed by atoms with E-state index in [9.17, 15) is 4.79 Å². The van der Waals surface area contributed by atoms with E-state index in [-0.39, 0.29) is 11.8 Å². The summed E-state index contributed by atoms with van der Waals surface area (Å²) >= 11 is 0. The third kappa shape index (κ3) is 2.43. The first-order valence-corrected chi connectivity index (χ1v) is 6.04. The van der Waals surface area contributed by atoms with E-state index in [1.54, 1.807) is 0 Å². The summed E-state index contributed by atoms with van der Waals surface area (Å²) in [5, 5.41) is 3.09. The number of hydrogen-bond donors (Lipinski definition) is 1. The summed E-state index contributed by atoms with van der Waals surface area (Å²) < 4.78 is 0. The highest BCUT2D eigenvalue weighted by Gasteiger charge is 2.22. The zero-order valence-corrected chi connectivity index (χ0v) is 9.99. The number of aryl methyl sites for hydroxylation is 1. The number of hydrogen-bond acceptors (Lipinski definition) is 1. The fourth-order valence-electron chi connectivity index (χ4n) is 1.89. The second-order valence-electron chi connectivity index (χ2n) is 4.77. The molecule has 86 valence electrons. The Labute approximate surface area is 97.1 Å². The Morgan fingerprint density at radius 2 is 1.94 bits per heavy atom. The Bertz CT molecular complexity index is 365. The summed E-state index contributed by atoms with van der Waals surface area (Å²) in [6, 6.07) is 8.63. The predicted molar refractivity (Wildman–Crippen MR) is 65.4 cm³/mol. The molecule has 0 saturated heterocycles. The van der Waals surface area contributed by atoms with Crippen LogP contribution in [0.15, 0.2) is 24.3 Å². The molecule has 1 atom stereocenters. The summed E-state index contributed by atoms with van der Waals surface area (Å²) in [6.07, 6.45) is 3.54. The van der Waals surface area contributed by atoms with Crippen LogP contribution in [-0.4, -0.2) is 11.9 Å². The first-order chi connectivity index (χ1) is 7.66. The van der Waals surface area contributed by atoms with Crippen LogP contribution in [0.5, 0.6) is 0 Å².